The summed E-state index contributed by atoms with van der Waals surface area (Å²) in [5, 5.41) is 7.00. The highest BCUT2D eigenvalue weighted by atomic mass is 19.1. The molecule has 2 aromatic rings. The van der Waals surface area contributed by atoms with Gasteiger partial charge in [0, 0.05) is 26.2 Å². The zero-order valence-corrected chi connectivity index (χ0v) is 14.3. The maximum absolute atomic E-state index is 13.6. The van der Waals surface area contributed by atoms with Crippen molar-refractivity contribution in [3.8, 4) is 0 Å². The van der Waals surface area contributed by atoms with E-state index in [9.17, 15) is 14.0 Å². The summed E-state index contributed by atoms with van der Waals surface area (Å²) in [5.41, 5.74) is 1.24. The molecular weight excluding hydrogens is 323 g/mol. The van der Waals surface area contributed by atoms with Crippen molar-refractivity contribution >= 4 is 17.5 Å². The highest BCUT2D eigenvalue weighted by Gasteiger charge is 2.39. The third kappa shape index (κ3) is 3.55. The van der Waals surface area contributed by atoms with E-state index < -0.39 is 12.0 Å². The number of nitrogens with one attached hydrogen (secondary N) is 1. The minimum Gasteiger partial charge on any atom is -0.338 e. The van der Waals surface area contributed by atoms with Gasteiger partial charge in [-0.25, -0.2) is 4.39 Å². The molecule has 0 unspecified atom stereocenters. The van der Waals surface area contributed by atoms with Crippen molar-refractivity contribution in [1.82, 2.24) is 14.7 Å². The van der Waals surface area contributed by atoms with Crippen molar-refractivity contribution in [2.24, 2.45) is 5.92 Å². The fraction of sp³-hybridized carbons (Fsp3) is 0.389. The molecule has 1 aromatic heterocycles. The average molecular weight is 344 g/mol. The second-order valence-corrected chi connectivity index (χ2v) is 6.22. The summed E-state index contributed by atoms with van der Waals surface area (Å²) in [4.78, 5) is 26.5. The van der Waals surface area contributed by atoms with Gasteiger partial charge in [-0.15, -0.1) is 0 Å². The molecule has 0 radical (unpaired) electrons. The van der Waals surface area contributed by atoms with E-state index in [1.165, 1.54) is 17.0 Å². The lowest BCUT2D eigenvalue weighted by Crippen LogP contribution is -2.44. The van der Waals surface area contributed by atoms with Crippen LogP contribution in [-0.4, -0.2) is 33.5 Å². The Hall–Kier alpha value is -2.70. The number of aryl methyl sites for hydroxylation is 1. The van der Waals surface area contributed by atoms with Crippen LogP contribution in [0.1, 0.15) is 31.4 Å². The first-order chi connectivity index (χ1) is 12.0. The van der Waals surface area contributed by atoms with Gasteiger partial charge in [-0.2, -0.15) is 5.10 Å². The maximum atomic E-state index is 13.6. The normalized spacial score (nSPS) is 20.6. The Labute approximate surface area is 145 Å². The van der Waals surface area contributed by atoms with Gasteiger partial charge in [0.25, 0.3) is 0 Å². The number of rotatable bonds is 4. The van der Waals surface area contributed by atoms with Crippen molar-refractivity contribution < 1.29 is 14.0 Å². The topological polar surface area (TPSA) is 67.2 Å². The molecule has 0 saturated carbocycles. The van der Waals surface area contributed by atoms with Crippen LogP contribution in [0, 0.1) is 11.7 Å². The predicted molar refractivity (Wildman–Crippen MR) is 91.2 cm³/mol. The lowest BCUT2D eigenvalue weighted by Gasteiger charge is -2.38. The van der Waals surface area contributed by atoms with Crippen LogP contribution in [0.2, 0.25) is 0 Å². The van der Waals surface area contributed by atoms with E-state index in [2.05, 4.69) is 10.4 Å². The molecule has 1 saturated heterocycles. The largest absolute Gasteiger partial charge is 0.338 e. The van der Waals surface area contributed by atoms with Crippen LogP contribution in [0.5, 0.6) is 0 Å². The highest BCUT2D eigenvalue weighted by molar-refractivity contribution is 5.94. The van der Waals surface area contributed by atoms with Crippen LogP contribution in [0.4, 0.5) is 10.1 Å². The quantitative estimate of drug-likeness (QED) is 0.927. The summed E-state index contributed by atoms with van der Waals surface area (Å²) in [6.07, 6.45) is 4.08. The molecule has 1 N–H and O–H groups in total. The first-order valence-electron chi connectivity index (χ1n) is 8.34. The second kappa shape index (κ2) is 7.04. The molecule has 6 nitrogen and oxygen atoms in total. The fourth-order valence-electron chi connectivity index (χ4n) is 3.30. The van der Waals surface area contributed by atoms with E-state index in [4.69, 9.17) is 0 Å². The van der Waals surface area contributed by atoms with Crippen LogP contribution < -0.4 is 5.32 Å². The van der Waals surface area contributed by atoms with Gasteiger partial charge in [-0.05, 0) is 31.0 Å². The first kappa shape index (κ1) is 17.1. The third-order valence-electron chi connectivity index (χ3n) is 4.61. The molecule has 2 amide bonds. The Morgan fingerprint density at radius 2 is 2.24 bits per heavy atom. The van der Waals surface area contributed by atoms with E-state index in [1.54, 1.807) is 36.3 Å². The molecule has 1 aromatic carbocycles. The van der Waals surface area contributed by atoms with Crippen molar-refractivity contribution in [3.05, 3.63) is 48.0 Å². The van der Waals surface area contributed by atoms with E-state index in [-0.39, 0.29) is 17.6 Å². The van der Waals surface area contributed by atoms with Gasteiger partial charge in [0.05, 0.1) is 23.8 Å². The Morgan fingerprint density at radius 3 is 2.92 bits per heavy atom. The Bertz CT molecular complexity index is 789. The van der Waals surface area contributed by atoms with E-state index in [1.807, 2.05) is 6.92 Å². The fourth-order valence-corrected chi connectivity index (χ4v) is 3.30. The van der Waals surface area contributed by atoms with Gasteiger partial charge in [0.2, 0.25) is 11.8 Å². The minimum absolute atomic E-state index is 0.0443. The molecule has 132 valence electrons. The number of aromatic nitrogens is 2. The zero-order chi connectivity index (χ0) is 18.0. The molecule has 0 spiro atoms. The molecule has 2 atom stereocenters. The number of hydrogen-bond donors (Lipinski definition) is 1. The third-order valence-corrected chi connectivity index (χ3v) is 4.61. The van der Waals surface area contributed by atoms with E-state index in [0.717, 1.165) is 0 Å². The molecule has 1 fully saturated rings. The van der Waals surface area contributed by atoms with Crippen molar-refractivity contribution in [2.45, 2.75) is 32.4 Å². The second-order valence-electron chi connectivity index (χ2n) is 6.22. The molecule has 0 bridgehead atoms. The van der Waals surface area contributed by atoms with Gasteiger partial charge in [0.1, 0.15) is 5.82 Å². The number of carbonyl (C=O) groups excluding carboxylic acids is 2. The smallest absolute Gasteiger partial charge is 0.230 e. The number of amides is 2. The van der Waals surface area contributed by atoms with E-state index in [0.29, 0.717) is 30.6 Å². The standard InChI is InChI=1S/C18H21FN4O2/c1-3-23-11-14(10-20-23)21-18(25)15-7-8-16(24)22(2)17(15)12-5-4-6-13(19)9-12/h4-6,9-11,15,17H,3,7-8H2,1-2H3,(H,21,25)/t15-,17-/m1/s1. The number of anilines is 1. The lowest BCUT2D eigenvalue weighted by molar-refractivity contribution is -0.140. The predicted octanol–water partition coefficient (Wildman–Crippen LogP) is 2.59. The van der Waals surface area contributed by atoms with E-state index >= 15 is 0 Å². The van der Waals surface area contributed by atoms with Crippen LogP contribution in [0.15, 0.2) is 36.7 Å². The summed E-state index contributed by atoms with van der Waals surface area (Å²) >= 11 is 0. The average Bonchev–Trinajstić information content (AvgIpc) is 3.04. The summed E-state index contributed by atoms with van der Waals surface area (Å²) in [7, 11) is 1.66. The number of piperidine rings is 1. The van der Waals surface area contributed by atoms with Crippen LogP contribution in [0.3, 0.4) is 0 Å². The van der Waals surface area contributed by atoms with Gasteiger partial charge in [-0.3, -0.25) is 14.3 Å². The molecule has 1 aliphatic heterocycles. The van der Waals surface area contributed by atoms with Crippen LogP contribution >= 0.6 is 0 Å². The lowest BCUT2D eigenvalue weighted by atomic mass is 9.84. The molecule has 1 aliphatic rings. The summed E-state index contributed by atoms with van der Waals surface area (Å²) in [6, 6.07) is 5.59. The monoisotopic (exact) mass is 344 g/mol. The Kier molecular flexibility index (Phi) is 4.83. The molecule has 2 heterocycles. The maximum Gasteiger partial charge on any atom is 0.230 e. The number of hydrogen-bond acceptors (Lipinski definition) is 3. The van der Waals surface area contributed by atoms with Crippen molar-refractivity contribution in [2.75, 3.05) is 12.4 Å². The summed E-state index contributed by atoms with van der Waals surface area (Å²) in [5.74, 6) is -1.07. The number of likely N-dealkylation sites (tertiary alicyclic amines) is 1. The number of benzene rings is 1. The molecule has 3 rings (SSSR count). The number of halogens is 1. The molecule has 0 aliphatic carbocycles. The van der Waals surface area contributed by atoms with Crippen LogP contribution in [0.25, 0.3) is 0 Å². The zero-order valence-electron chi connectivity index (χ0n) is 14.3. The molecule has 25 heavy (non-hydrogen) atoms. The van der Waals surface area contributed by atoms with Crippen LogP contribution in [-0.2, 0) is 16.1 Å². The van der Waals surface area contributed by atoms with Gasteiger partial charge in [-0.1, -0.05) is 12.1 Å². The SMILES string of the molecule is CCn1cc(NC(=O)[C@@H]2CCC(=O)N(C)[C@@H]2c2cccc(F)c2)cn1. The summed E-state index contributed by atoms with van der Waals surface area (Å²) in [6.45, 7) is 2.67. The first-order valence-corrected chi connectivity index (χ1v) is 8.34. The van der Waals surface area contributed by atoms with Crippen molar-refractivity contribution in [3.63, 3.8) is 0 Å². The Morgan fingerprint density at radius 1 is 1.44 bits per heavy atom. The van der Waals surface area contributed by atoms with Gasteiger partial charge < -0.3 is 10.2 Å². The number of carbonyl (C=O) groups is 2. The van der Waals surface area contributed by atoms with Gasteiger partial charge in [0.15, 0.2) is 0 Å². The van der Waals surface area contributed by atoms with Crippen molar-refractivity contribution in [1.29, 1.82) is 0 Å². The Balaban J connectivity index is 1.86. The summed E-state index contributed by atoms with van der Waals surface area (Å²) < 4.78 is 15.4. The molecular formula is C18H21FN4O2. The molecule has 7 heteroatoms. The van der Waals surface area contributed by atoms with Gasteiger partial charge >= 0.3 is 0 Å². The number of nitrogens with zero attached hydrogens (tertiary/aromatic N) is 3. The highest BCUT2D eigenvalue weighted by Crippen LogP contribution is 2.36. The minimum atomic E-state index is -0.488.